The van der Waals surface area contributed by atoms with Gasteiger partial charge >= 0.3 is 5.97 Å². The maximum atomic E-state index is 10.3. The lowest BCUT2D eigenvalue weighted by molar-refractivity contribution is -0.137. The summed E-state index contributed by atoms with van der Waals surface area (Å²) in [5, 5.41) is 7.92. The summed E-state index contributed by atoms with van der Waals surface area (Å²) < 4.78 is 4.39. The zero-order valence-electron chi connectivity index (χ0n) is 5.13. The second kappa shape index (κ2) is 4.85. The maximum Gasteiger partial charge on any atom is 0.310 e. The summed E-state index contributed by atoms with van der Waals surface area (Å²) in [5.74, 6) is -0.332. The van der Waals surface area contributed by atoms with Gasteiger partial charge in [0.1, 0.15) is 6.26 Å². The molecule has 0 aliphatic heterocycles. The molecule has 0 aromatic heterocycles. The monoisotopic (exact) mass is 125 g/mol. The molecule has 48 valence electrons. The zero-order chi connectivity index (χ0) is 7.11. The van der Waals surface area contributed by atoms with Gasteiger partial charge in [-0.1, -0.05) is 6.92 Å². The molecule has 0 unspecified atom stereocenters. The number of hydrogen-bond acceptors (Lipinski definition) is 3. The molecule has 0 amide bonds. The maximum absolute atomic E-state index is 10.3. The largest absolute Gasteiger partial charge is 0.434 e. The van der Waals surface area contributed by atoms with Gasteiger partial charge in [-0.3, -0.25) is 4.79 Å². The minimum atomic E-state index is -0.332. The molecule has 0 N–H and O–H groups in total. The Labute approximate surface area is 53.5 Å². The smallest absolute Gasteiger partial charge is 0.310 e. The lowest BCUT2D eigenvalue weighted by Gasteiger charge is -1.89. The van der Waals surface area contributed by atoms with Crippen LogP contribution in [0.4, 0.5) is 0 Å². The molecule has 0 aliphatic carbocycles. The summed E-state index contributed by atoms with van der Waals surface area (Å²) in [6, 6.07) is 1.69. The first-order valence-corrected chi connectivity index (χ1v) is 2.55. The number of esters is 1. The SMILES string of the molecule is CCC(=O)O/C=C/C#N. The van der Waals surface area contributed by atoms with E-state index in [9.17, 15) is 4.79 Å². The fraction of sp³-hybridized carbons (Fsp3) is 0.333. The van der Waals surface area contributed by atoms with E-state index in [1.54, 1.807) is 13.0 Å². The van der Waals surface area contributed by atoms with E-state index in [0.29, 0.717) is 6.42 Å². The Morgan fingerprint density at radius 3 is 3.00 bits per heavy atom. The molecule has 0 fully saturated rings. The highest BCUT2D eigenvalue weighted by Gasteiger charge is 1.91. The van der Waals surface area contributed by atoms with Crippen LogP contribution in [-0.4, -0.2) is 5.97 Å². The average molecular weight is 125 g/mol. The molecule has 0 atom stereocenters. The number of nitriles is 1. The molecular formula is C6H7NO2. The molecule has 0 saturated carbocycles. The molecule has 0 heterocycles. The molecule has 0 aliphatic rings. The van der Waals surface area contributed by atoms with E-state index < -0.39 is 0 Å². The quantitative estimate of drug-likeness (QED) is 0.314. The molecule has 0 rings (SSSR count). The molecule has 0 saturated heterocycles. The van der Waals surface area contributed by atoms with E-state index in [2.05, 4.69) is 4.74 Å². The van der Waals surface area contributed by atoms with Crippen molar-refractivity contribution in [1.29, 1.82) is 5.26 Å². The van der Waals surface area contributed by atoms with Crippen molar-refractivity contribution >= 4 is 5.97 Å². The van der Waals surface area contributed by atoms with Gasteiger partial charge in [0, 0.05) is 6.42 Å². The average Bonchev–Trinajstić information content (AvgIpc) is 1.89. The van der Waals surface area contributed by atoms with E-state index in [1.807, 2.05) is 0 Å². The number of carbonyl (C=O) groups is 1. The Balaban J connectivity index is 3.41. The Hall–Kier alpha value is -1.30. The Morgan fingerprint density at radius 1 is 1.89 bits per heavy atom. The summed E-state index contributed by atoms with van der Waals surface area (Å²) >= 11 is 0. The molecule has 9 heavy (non-hydrogen) atoms. The molecule has 0 bridgehead atoms. The van der Waals surface area contributed by atoms with Gasteiger partial charge in [0.25, 0.3) is 0 Å². The molecule has 3 heteroatoms. The van der Waals surface area contributed by atoms with Gasteiger partial charge in [0.15, 0.2) is 0 Å². The number of hydrogen-bond donors (Lipinski definition) is 0. The first-order valence-electron chi connectivity index (χ1n) is 2.55. The van der Waals surface area contributed by atoms with Crippen LogP contribution in [0.5, 0.6) is 0 Å². The highest BCUT2D eigenvalue weighted by Crippen LogP contribution is 1.83. The highest BCUT2D eigenvalue weighted by molar-refractivity contribution is 5.69. The van der Waals surface area contributed by atoms with Crippen molar-refractivity contribution < 1.29 is 9.53 Å². The van der Waals surface area contributed by atoms with Gasteiger partial charge in [0.05, 0.1) is 12.1 Å². The Morgan fingerprint density at radius 2 is 2.56 bits per heavy atom. The van der Waals surface area contributed by atoms with Crippen molar-refractivity contribution in [2.45, 2.75) is 13.3 Å². The van der Waals surface area contributed by atoms with Crippen LogP contribution in [0.25, 0.3) is 0 Å². The lowest BCUT2D eigenvalue weighted by Crippen LogP contribution is -1.94. The van der Waals surface area contributed by atoms with Crippen LogP contribution in [0, 0.1) is 11.3 Å². The fourth-order valence-corrected chi connectivity index (χ4v) is 0.224. The zero-order valence-corrected chi connectivity index (χ0v) is 5.13. The molecule has 0 radical (unpaired) electrons. The van der Waals surface area contributed by atoms with Crippen LogP contribution in [0.3, 0.4) is 0 Å². The number of ether oxygens (including phenoxy) is 1. The van der Waals surface area contributed by atoms with Gasteiger partial charge in [-0.15, -0.1) is 0 Å². The van der Waals surface area contributed by atoms with E-state index in [1.165, 1.54) is 0 Å². The van der Waals surface area contributed by atoms with Crippen molar-refractivity contribution in [2.75, 3.05) is 0 Å². The molecule has 0 spiro atoms. The minimum absolute atomic E-state index is 0.329. The lowest BCUT2D eigenvalue weighted by atomic mass is 10.5. The third-order valence-corrected chi connectivity index (χ3v) is 0.631. The van der Waals surface area contributed by atoms with E-state index >= 15 is 0 Å². The van der Waals surface area contributed by atoms with Crippen LogP contribution in [0.1, 0.15) is 13.3 Å². The van der Waals surface area contributed by atoms with Crippen molar-refractivity contribution in [3.63, 3.8) is 0 Å². The summed E-state index contributed by atoms with van der Waals surface area (Å²) in [6.45, 7) is 1.68. The van der Waals surface area contributed by atoms with Crippen LogP contribution < -0.4 is 0 Å². The number of nitrogens with zero attached hydrogens (tertiary/aromatic N) is 1. The van der Waals surface area contributed by atoms with Gasteiger partial charge in [-0.05, 0) is 0 Å². The van der Waals surface area contributed by atoms with Gasteiger partial charge in [0.2, 0.25) is 0 Å². The van der Waals surface area contributed by atoms with E-state index in [0.717, 1.165) is 12.3 Å². The van der Waals surface area contributed by atoms with Crippen LogP contribution in [0.2, 0.25) is 0 Å². The summed E-state index contributed by atoms with van der Waals surface area (Å²) in [7, 11) is 0. The summed E-state index contributed by atoms with van der Waals surface area (Å²) in [5.41, 5.74) is 0. The van der Waals surface area contributed by atoms with Gasteiger partial charge < -0.3 is 4.74 Å². The van der Waals surface area contributed by atoms with Crippen LogP contribution in [-0.2, 0) is 9.53 Å². The second-order valence-electron chi connectivity index (χ2n) is 1.28. The normalized spacial score (nSPS) is 8.89. The standard InChI is InChI=1S/C6H7NO2/c1-2-6(8)9-5-3-4-7/h3,5H,2H2,1H3/b5-3+. The predicted molar refractivity (Wildman–Crippen MR) is 31.1 cm³/mol. The summed E-state index contributed by atoms with van der Waals surface area (Å²) in [4.78, 5) is 10.3. The fourth-order valence-electron chi connectivity index (χ4n) is 0.224. The third-order valence-electron chi connectivity index (χ3n) is 0.631. The minimum Gasteiger partial charge on any atom is -0.434 e. The first kappa shape index (κ1) is 7.70. The van der Waals surface area contributed by atoms with Crippen molar-refractivity contribution in [1.82, 2.24) is 0 Å². The molecular weight excluding hydrogens is 118 g/mol. The van der Waals surface area contributed by atoms with Gasteiger partial charge in [-0.2, -0.15) is 5.26 Å². The van der Waals surface area contributed by atoms with Crippen LogP contribution in [0.15, 0.2) is 12.3 Å². The van der Waals surface area contributed by atoms with E-state index in [-0.39, 0.29) is 5.97 Å². The van der Waals surface area contributed by atoms with Crippen molar-refractivity contribution in [3.8, 4) is 6.07 Å². The first-order chi connectivity index (χ1) is 4.31. The van der Waals surface area contributed by atoms with Crippen LogP contribution >= 0.6 is 0 Å². The number of carbonyl (C=O) groups excluding carboxylic acids is 1. The predicted octanol–water partition coefficient (Wildman–Crippen LogP) is 0.977. The second-order valence-corrected chi connectivity index (χ2v) is 1.28. The molecule has 0 aromatic carbocycles. The third kappa shape index (κ3) is 4.56. The molecule has 3 nitrogen and oxygen atoms in total. The number of rotatable bonds is 2. The van der Waals surface area contributed by atoms with Gasteiger partial charge in [-0.25, -0.2) is 0 Å². The van der Waals surface area contributed by atoms with E-state index in [4.69, 9.17) is 5.26 Å². The number of allylic oxidation sites excluding steroid dienone is 1. The Kier molecular flexibility index (Phi) is 4.15. The topological polar surface area (TPSA) is 50.1 Å². The van der Waals surface area contributed by atoms with Crippen molar-refractivity contribution in [3.05, 3.63) is 12.3 Å². The Bertz CT molecular complexity index is 155. The molecule has 0 aromatic rings. The summed E-state index contributed by atoms with van der Waals surface area (Å²) in [6.07, 6.45) is 2.51. The highest BCUT2D eigenvalue weighted by atomic mass is 16.5. The van der Waals surface area contributed by atoms with Crippen molar-refractivity contribution in [2.24, 2.45) is 0 Å².